The number of carbonyl (C=O) groups excluding carboxylic acids is 2. The lowest BCUT2D eigenvalue weighted by Crippen LogP contribution is -2.36. The number of anilines is 1. The van der Waals surface area contributed by atoms with Crippen molar-refractivity contribution in [2.75, 3.05) is 25.6 Å². The SMILES string of the molecule is COC(=O)c1ccc(C(=O)NC(=NC[C@@H]2CCCO2)Nc2ccc(F)c(Cl)c2)cc1. The number of hydrogen-bond donors (Lipinski definition) is 2. The summed E-state index contributed by atoms with van der Waals surface area (Å²) in [5.74, 6) is -1.29. The Hall–Kier alpha value is -2.97. The van der Waals surface area contributed by atoms with Crippen LogP contribution in [0.1, 0.15) is 33.6 Å². The smallest absolute Gasteiger partial charge is 0.337 e. The minimum absolute atomic E-state index is 0.0187. The summed E-state index contributed by atoms with van der Waals surface area (Å²) in [5.41, 5.74) is 1.13. The Morgan fingerprint density at radius 2 is 1.97 bits per heavy atom. The molecule has 9 heteroatoms. The molecule has 1 aliphatic rings. The normalized spacial score (nSPS) is 16.2. The second-order valence-corrected chi connectivity index (χ2v) is 7.01. The molecule has 1 fully saturated rings. The van der Waals surface area contributed by atoms with Crippen LogP contribution in [0.5, 0.6) is 0 Å². The van der Waals surface area contributed by atoms with Crippen molar-refractivity contribution in [2.45, 2.75) is 18.9 Å². The van der Waals surface area contributed by atoms with Gasteiger partial charge in [-0.2, -0.15) is 0 Å². The molecular weight excluding hydrogens is 413 g/mol. The third-order valence-corrected chi connectivity index (χ3v) is 4.75. The molecule has 0 aliphatic carbocycles. The second-order valence-electron chi connectivity index (χ2n) is 6.60. The van der Waals surface area contributed by atoms with E-state index in [2.05, 4.69) is 20.4 Å². The van der Waals surface area contributed by atoms with Crippen LogP contribution in [-0.2, 0) is 9.47 Å². The highest BCUT2D eigenvalue weighted by molar-refractivity contribution is 6.31. The number of halogens is 2. The fourth-order valence-electron chi connectivity index (χ4n) is 2.86. The van der Waals surface area contributed by atoms with E-state index in [1.807, 2.05) is 0 Å². The van der Waals surface area contributed by atoms with E-state index in [0.717, 1.165) is 12.8 Å². The lowest BCUT2D eigenvalue weighted by Gasteiger charge is -2.14. The van der Waals surface area contributed by atoms with Crippen molar-refractivity contribution in [3.05, 3.63) is 64.4 Å². The first-order valence-corrected chi connectivity index (χ1v) is 9.72. The van der Waals surface area contributed by atoms with Crippen LogP contribution in [-0.4, -0.2) is 44.2 Å². The van der Waals surface area contributed by atoms with Crippen molar-refractivity contribution < 1.29 is 23.5 Å². The van der Waals surface area contributed by atoms with Gasteiger partial charge < -0.3 is 14.8 Å². The Kier molecular flexibility index (Phi) is 7.37. The zero-order valence-electron chi connectivity index (χ0n) is 16.3. The zero-order chi connectivity index (χ0) is 21.5. The quantitative estimate of drug-likeness (QED) is 0.427. The predicted octanol–water partition coefficient (Wildman–Crippen LogP) is 3.64. The molecule has 2 aromatic rings. The number of esters is 1. The zero-order valence-corrected chi connectivity index (χ0v) is 17.0. The Bertz CT molecular complexity index is 944. The summed E-state index contributed by atoms with van der Waals surface area (Å²) in [5, 5.41) is 5.59. The van der Waals surface area contributed by atoms with Crippen molar-refractivity contribution in [3.8, 4) is 0 Å². The van der Waals surface area contributed by atoms with Crippen molar-refractivity contribution in [1.82, 2.24) is 5.32 Å². The van der Waals surface area contributed by atoms with Gasteiger partial charge in [-0.15, -0.1) is 0 Å². The number of carbonyl (C=O) groups is 2. The van der Waals surface area contributed by atoms with E-state index >= 15 is 0 Å². The number of nitrogens with zero attached hydrogens (tertiary/aromatic N) is 1. The van der Waals surface area contributed by atoms with E-state index in [-0.39, 0.29) is 17.1 Å². The highest BCUT2D eigenvalue weighted by Crippen LogP contribution is 2.19. The van der Waals surface area contributed by atoms with E-state index < -0.39 is 17.7 Å². The predicted molar refractivity (Wildman–Crippen MR) is 112 cm³/mol. The maximum Gasteiger partial charge on any atom is 0.337 e. The van der Waals surface area contributed by atoms with Crippen LogP contribution >= 0.6 is 11.6 Å². The van der Waals surface area contributed by atoms with Crippen LogP contribution in [0.4, 0.5) is 10.1 Å². The van der Waals surface area contributed by atoms with Gasteiger partial charge in [-0.25, -0.2) is 14.2 Å². The third kappa shape index (κ3) is 5.77. The summed E-state index contributed by atoms with van der Waals surface area (Å²) >= 11 is 5.83. The van der Waals surface area contributed by atoms with E-state index in [1.165, 1.54) is 49.6 Å². The summed E-state index contributed by atoms with van der Waals surface area (Å²) in [4.78, 5) is 28.6. The van der Waals surface area contributed by atoms with E-state index in [0.29, 0.717) is 30.0 Å². The minimum atomic E-state index is -0.546. The molecule has 2 aromatic carbocycles. The lowest BCUT2D eigenvalue weighted by atomic mass is 10.1. The molecule has 0 spiro atoms. The van der Waals surface area contributed by atoms with Gasteiger partial charge >= 0.3 is 5.97 Å². The van der Waals surface area contributed by atoms with Gasteiger partial charge in [-0.1, -0.05) is 11.6 Å². The fourth-order valence-corrected chi connectivity index (χ4v) is 3.04. The molecule has 30 heavy (non-hydrogen) atoms. The van der Waals surface area contributed by atoms with Gasteiger partial charge in [0, 0.05) is 17.9 Å². The molecule has 3 rings (SSSR count). The average Bonchev–Trinajstić information content (AvgIpc) is 3.28. The molecule has 0 saturated carbocycles. The molecule has 7 nitrogen and oxygen atoms in total. The summed E-state index contributed by atoms with van der Waals surface area (Å²) in [6, 6.07) is 10.1. The number of ether oxygens (including phenoxy) is 2. The number of hydrogen-bond acceptors (Lipinski definition) is 5. The Labute approximate surface area is 178 Å². The first-order chi connectivity index (χ1) is 14.5. The van der Waals surface area contributed by atoms with Gasteiger partial charge in [0.1, 0.15) is 5.82 Å². The van der Waals surface area contributed by atoms with Gasteiger partial charge in [0.2, 0.25) is 5.96 Å². The summed E-state index contributed by atoms with van der Waals surface area (Å²) in [6.07, 6.45) is 1.84. The largest absolute Gasteiger partial charge is 0.465 e. The number of nitrogens with one attached hydrogen (secondary N) is 2. The van der Waals surface area contributed by atoms with E-state index in [9.17, 15) is 14.0 Å². The maximum absolute atomic E-state index is 13.4. The first-order valence-electron chi connectivity index (χ1n) is 9.34. The molecule has 0 bridgehead atoms. The Morgan fingerprint density at radius 1 is 1.23 bits per heavy atom. The Morgan fingerprint density at radius 3 is 2.60 bits per heavy atom. The highest BCUT2D eigenvalue weighted by atomic mass is 35.5. The number of benzene rings is 2. The lowest BCUT2D eigenvalue weighted by molar-refractivity contribution is 0.0600. The van der Waals surface area contributed by atoms with Gasteiger partial charge in [-0.05, 0) is 55.3 Å². The van der Waals surface area contributed by atoms with E-state index in [1.54, 1.807) is 0 Å². The first kappa shape index (κ1) is 21.7. The van der Waals surface area contributed by atoms with Crippen LogP contribution in [0.2, 0.25) is 5.02 Å². The molecule has 0 radical (unpaired) electrons. The number of methoxy groups -OCH3 is 1. The van der Waals surface area contributed by atoms with Crippen molar-refractivity contribution in [1.29, 1.82) is 0 Å². The standard InChI is InChI=1S/C21H21ClFN3O4/c1-29-20(28)14-6-4-13(5-7-14)19(27)26-21(24-12-16-3-2-10-30-16)25-15-8-9-18(23)17(22)11-15/h4-9,11,16H,2-3,10,12H2,1H3,(H2,24,25,26,27)/t16-/m0/s1. The number of rotatable bonds is 5. The van der Waals surface area contributed by atoms with Crippen LogP contribution < -0.4 is 10.6 Å². The number of amides is 1. The van der Waals surface area contributed by atoms with Gasteiger partial charge in [-0.3, -0.25) is 10.1 Å². The molecule has 2 N–H and O–H groups in total. The topological polar surface area (TPSA) is 89.0 Å². The monoisotopic (exact) mass is 433 g/mol. The molecular formula is C21H21ClFN3O4. The van der Waals surface area contributed by atoms with Gasteiger partial charge in [0.05, 0.1) is 30.3 Å². The Balaban J connectivity index is 1.74. The van der Waals surface area contributed by atoms with Crippen LogP contribution in [0.25, 0.3) is 0 Å². The molecule has 1 heterocycles. The van der Waals surface area contributed by atoms with Crippen LogP contribution in [0.3, 0.4) is 0 Å². The molecule has 1 aliphatic heterocycles. The number of aliphatic imine (C=N–C) groups is 1. The van der Waals surface area contributed by atoms with E-state index in [4.69, 9.17) is 16.3 Å². The highest BCUT2D eigenvalue weighted by Gasteiger charge is 2.16. The third-order valence-electron chi connectivity index (χ3n) is 4.46. The molecule has 1 atom stereocenters. The van der Waals surface area contributed by atoms with Gasteiger partial charge in [0.15, 0.2) is 0 Å². The maximum atomic E-state index is 13.4. The second kappa shape index (κ2) is 10.2. The van der Waals surface area contributed by atoms with Crippen LogP contribution in [0.15, 0.2) is 47.5 Å². The number of guanidine groups is 1. The summed E-state index contributed by atoms with van der Waals surface area (Å²) in [6.45, 7) is 1.05. The molecule has 1 amide bonds. The van der Waals surface area contributed by atoms with Gasteiger partial charge in [0.25, 0.3) is 5.91 Å². The fraction of sp³-hybridized carbons (Fsp3) is 0.286. The molecule has 0 unspecified atom stereocenters. The summed E-state index contributed by atoms with van der Waals surface area (Å²) in [7, 11) is 1.28. The van der Waals surface area contributed by atoms with Crippen LogP contribution in [0, 0.1) is 5.82 Å². The molecule has 158 valence electrons. The van der Waals surface area contributed by atoms with Crippen molar-refractivity contribution in [2.24, 2.45) is 4.99 Å². The minimum Gasteiger partial charge on any atom is -0.465 e. The van der Waals surface area contributed by atoms with Crippen molar-refractivity contribution in [3.63, 3.8) is 0 Å². The molecule has 1 saturated heterocycles. The molecule has 0 aromatic heterocycles. The summed E-state index contributed by atoms with van der Waals surface area (Å²) < 4.78 is 23.6. The average molecular weight is 434 g/mol. The van der Waals surface area contributed by atoms with Crippen molar-refractivity contribution >= 4 is 35.1 Å².